The van der Waals surface area contributed by atoms with E-state index in [2.05, 4.69) is 34.8 Å². The number of amides is 1. The maximum absolute atomic E-state index is 11.6. The molecule has 0 fully saturated rings. The third-order valence-corrected chi connectivity index (χ3v) is 3.48. The van der Waals surface area contributed by atoms with Gasteiger partial charge >= 0.3 is 0 Å². The number of hydrogen-bond acceptors (Lipinski definition) is 3. The minimum atomic E-state index is -0.0853. The van der Waals surface area contributed by atoms with Gasteiger partial charge in [-0.3, -0.25) is 9.79 Å². The quantitative estimate of drug-likeness (QED) is 0.365. The molecular formula is C18H30N4O2. The number of carbonyl (C=O) groups is 1. The van der Waals surface area contributed by atoms with E-state index in [4.69, 9.17) is 4.74 Å². The van der Waals surface area contributed by atoms with Crippen LogP contribution in [-0.4, -0.2) is 45.7 Å². The van der Waals surface area contributed by atoms with Crippen LogP contribution < -0.4 is 16.0 Å². The fourth-order valence-corrected chi connectivity index (χ4v) is 2.04. The Morgan fingerprint density at radius 1 is 1.25 bits per heavy atom. The van der Waals surface area contributed by atoms with Crippen LogP contribution in [0.15, 0.2) is 29.3 Å². The number of carbonyl (C=O) groups excluding carboxylic acids is 1. The highest BCUT2D eigenvalue weighted by atomic mass is 16.5. The first-order chi connectivity index (χ1) is 11.6. The van der Waals surface area contributed by atoms with Gasteiger partial charge in [0.05, 0.1) is 6.61 Å². The zero-order chi connectivity index (χ0) is 17.8. The van der Waals surface area contributed by atoms with Crippen molar-refractivity contribution < 1.29 is 9.53 Å². The second-order valence-electron chi connectivity index (χ2n) is 5.93. The summed E-state index contributed by atoms with van der Waals surface area (Å²) < 4.78 is 5.57. The topological polar surface area (TPSA) is 74.8 Å². The molecule has 0 radical (unpaired) electrons. The molecule has 0 atom stereocenters. The number of aliphatic imine (C=N–C) groups is 1. The fraction of sp³-hybridized carbons (Fsp3) is 0.556. The summed E-state index contributed by atoms with van der Waals surface area (Å²) in [6.45, 7) is 7.12. The van der Waals surface area contributed by atoms with Crippen LogP contribution in [0.3, 0.4) is 0 Å². The predicted octanol–water partition coefficient (Wildman–Crippen LogP) is 1.77. The number of hydrogen-bond donors (Lipinski definition) is 3. The standard InChI is InChI=1S/C18H30N4O2/c1-14(2)8-10-24-11-9-21-18(20-4)22-13-15-6-5-7-16(12-15)17(23)19-3/h5-7,12,14H,8-11,13H2,1-4H3,(H,19,23)(H2,20,21,22). The summed E-state index contributed by atoms with van der Waals surface area (Å²) in [5.74, 6) is 1.30. The molecule has 0 aliphatic carbocycles. The molecule has 0 aliphatic heterocycles. The Morgan fingerprint density at radius 2 is 2.04 bits per heavy atom. The van der Waals surface area contributed by atoms with Crippen molar-refractivity contribution in [2.24, 2.45) is 10.9 Å². The fourth-order valence-electron chi connectivity index (χ4n) is 2.04. The second kappa shape index (κ2) is 11.5. The zero-order valence-corrected chi connectivity index (χ0v) is 15.2. The molecule has 0 spiro atoms. The van der Waals surface area contributed by atoms with Gasteiger partial charge in [-0.05, 0) is 30.0 Å². The van der Waals surface area contributed by atoms with Crippen molar-refractivity contribution in [3.63, 3.8) is 0 Å². The average Bonchev–Trinajstić information content (AvgIpc) is 2.59. The number of ether oxygens (including phenoxy) is 1. The number of nitrogens with one attached hydrogen (secondary N) is 3. The van der Waals surface area contributed by atoms with Crippen LogP contribution in [0.5, 0.6) is 0 Å². The van der Waals surface area contributed by atoms with E-state index >= 15 is 0 Å². The van der Waals surface area contributed by atoms with E-state index in [-0.39, 0.29) is 5.91 Å². The lowest BCUT2D eigenvalue weighted by atomic mass is 10.1. The molecular weight excluding hydrogens is 304 g/mol. The van der Waals surface area contributed by atoms with Crippen LogP contribution in [0.4, 0.5) is 0 Å². The Kier molecular flexibility index (Phi) is 9.53. The smallest absolute Gasteiger partial charge is 0.251 e. The van der Waals surface area contributed by atoms with Crippen LogP contribution in [0.25, 0.3) is 0 Å². The minimum Gasteiger partial charge on any atom is -0.380 e. The van der Waals surface area contributed by atoms with Crippen LogP contribution in [0.1, 0.15) is 36.2 Å². The first-order valence-corrected chi connectivity index (χ1v) is 8.40. The van der Waals surface area contributed by atoms with Crippen molar-refractivity contribution in [2.75, 3.05) is 33.9 Å². The maximum Gasteiger partial charge on any atom is 0.251 e. The first kappa shape index (κ1) is 20.0. The zero-order valence-electron chi connectivity index (χ0n) is 15.2. The van der Waals surface area contributed by atoms with Gasteiger partial charge in [0.2, 0.25) is 0 Å². The number of rotatable bonds is 9. The molecule has 1 amide bonds. The molecule has 0 bridgehead atoms. The molecule has 0 saturated carbocycles. The summed E-state index contributed by atoms with van der Waals surface area (Å²) in [5, 5.41) is 9.07. The van der Waals surface area contributed by atoms with Gasteiger partial charge in [0.1, 0.15) is 0 Å². The summed E-state index contributed by atoms with van der Waals surface area (Å²) in [5.41, 5.74) is 1.67. The lowest BCUT2D eigenvalue weighted by Gasteiger charge is -2.13. The van der Waals surface area contributed by atoms with Gasteiger partial charge < -0.3 is 20.7 Å². The predicted molar refractivity (Wildman–Crippen MR) is 98.3 cm³/mol. The van der Waals surface area contributed by atoms with Crippen molar-refractivity contribution >= 4 is 11.9 Å². The van der Waals surface area contributed by atoms with Gasteiger partial charge in [-0.25, -0.2) is 0 Å². The van der Waals surface area contributed by atoms with Gasteiger partial charge in [0, 0.05) is 39.4 Å². The van der Waals surface area contributed by atoms with E-state index in [1.165, 1.54) is 0 Å². The van der Waals surface area contributed by atoms with Gasteiger partial charge in [0.15, 0.2) is 5.96 Å². The van der Waals surface area contributed by atoms with Crippen LogP contribution in [0.2, 0.25) is 0 Å². The molecule has 6 nitrogen and oxygen atoms in total. The summed E-state index contributed by atoms with van der Waals surface area (Å²) in [7, 11) is 3.36. The van der Waals surface area contributed by atoms with Crippen molar-refractivity contribution in [3.8, 4) is 0 Å². The monoisotopic (exact) mass is 334 g/mol. The molecule has 0 aliphatic rings. The van der Waals surface area contributed by atoms with Crippen molar-refractivity contribution in [2.45, 2.75) is 26.8 Å². The van der Waals surface area contributed by atoms with E-state index in [1.54, 1.807) is 20.2 Å². The normalized spacial score (nSPS) is 11.5. The van der Waals surface area contributed by atoms with Crippen LogP contribution >= 0.6 is 0 Å². The summed E-state index contributed by atoms with van der Waals surface area (Å²) in [6, 6.07) is 7.51. The Morgan fingerprint density at radius 3 is 2.71 bits per heavy atom. The molecule has 24 heavy (non-hydrogen) atoms. The summed E-state index contributed by atoms with van der Waals surface area (Å²) in [6.07, 6.45) is 1.08. The highest BCUT2D eigenvalue weighted by Crippen LogP contribution is 2.05. The largest absolute Gasteiger partial charge is 0.380 e. The van der Waals surface area contributed by atoms with Crippen molar-refractivity contribution in [1.29, 1.82) is 0 Å². The number of nitrogens with zero attached hydrogens (tertiary/aromatic N) is 1. The van der Waals surface area contributed by atoms with Gasteiger partial charge in [0.25, 0.3) is 5.91 Å². The van der Waals surface area contributed by atoms with Crippen molar-refractivity contribution in [1.82, 2.24) is 16.0 Å². The molecule has 6 heteroatoms. The number of benzene rings is 1. The molecule has 1 rings (SSSR count). The summed E-state index contributed by atoms with van der Waals surface area (Å²) in [4.78, 5) is 15.8. The highest BCUT2D eigenvalue weighted by molar-refractivity contribution is 5.94. The first-order valence-electron chi connectivity index (χ1n) is 8.40. The maximum atomic E-state index is 11.6. The minimum absolute atomic E-state index is 0.0853. The molecule has 0 heterocycles. The highest BCUT2D eigenvalue weighted by Gasteiger charge is 2.04. The molecule has 0 aromatic heterocycles. The molecule has 1 aromatic rings. The lowest BCUT2D eigenvalue weighted by molar-refractivity contribution is 0.0963. The Bertz CT molecular complexity index is 530. The van der Waals surface area contributed by atoms with E-state index in [0.717, 1.165) is 18.6 Å². The second-order valence-corrected chi connectivity index (χ2v) is 5.93. The Hall–Kier alpha value is -2.08. The van der Waals surface area contributed by atoms with E-state index in [1.807, 2.05) is 18.2 Å². The Balaban J connectivity index is 2.32. The van der Waals surface area contributed by atoms with Crippen LogP contribution in [0, 0.1) is 5.92 Å². The molecule has 134 valence electrons. The SMILES string of the molecule is CN=C(NCCOCCC(C)C)NCc1cccc(C(=O)NC)c1. The lowest BCUT2D eigenvalue weighted by Crippen LogP contribution is -2.38. The molecule has 0 unspecified atom stereocenters. The molecule has 3 N–H and O–H groups in total. The number of guanidine groups is 1. The van der Waals surface area contributed by atoms with Gasteiger partial charge in [-0.1, -0.05) is 26.0 Å². The van der Waals surface area contributed by atoms with Gasteiger partial charge in [-0.15, -0.1) is 0 Å². The third-order valence-electron chi connectivity index (χ3n) is 3.48. The van der Waals surface area contributed by atoms with Gasteiger partial charge in [-0.2, -0.15) is 0 Å². The average molecular weight is 334 g/mol. The van der Waals surface area contributed by atoms with E-state index < -0.39 is 0 Å². The van der Waals surface area contributed by atoms with E-state index in [0.29, 0.717) is 37.1 Å². The third kappa shape index (κ3) is 7.97. The molecule has 1 aromatic carbocycles. The van der Waals surface area contributed by atoms with Crippen molar-refractivity contribution in [3.05, 3.63) is 35.4 Å². The van der Waals surface area contributed by atoms with E-state index in [9.17, 15) is 4.79 Å². The molecule has 0 saturated heterocycles. The summed E-state index contributed by atoms with van der Waals surface area (Å²) >= 11 is 0. The Labute approximate surface area is 145 Å². The van der Waals surface area contributed by atoms with Crippen LogP contribution in [-0.2, 0) is 11.3 Å².